The lowest BCUT2D eigenvalue weighted by molar-refractivity contribution is 0.178. The Bertz CT molecular complexity index is 599. The van der Waals surface area contributed by atoms with Crippen LogP contribution in [0.1, 0.15) is 22.6 Å². The van der Waals surface area contributed by atoms with Crippen LogP contribution >= 0.6 is 11.3 Å². The van der Waals surface area contributed by atoms with Crippen molar-refractivity contribution in [3.05, 3.63) is 46.5 Å². The van der Waals surface area contributed by atoms with E-state index in [1.165, 1.54) is 16.1 Å². The van der Waals surface area contributed by atoms with Gasteiger partial charge in [0.05, 0.1) is 12.3 Å². The Morgan fingerprint density at radius 3 is 2.95 bits per heavy atom. The molecule has 112 valence electrons. The fourth-order valence-electron chi connectivity index (χ4n) is 3.08. The van der Waals surface area contributed by atoms with Crippen molar-refractivity contribution < 1.29 is 4.74 Å². The van der Waals surface area contributed by atoms with Crippen molar-refractivity contribution in [2.45, 2.75) is 24.8 Å². The topological polar surface area (TPSA) is 60.2 Å². The molecule has 1 aliphatic carbocycles. The summed E-state index contributed by atoms with van der Waals surface area (Å²) in [4.78, 5) is 5.76. The molecule has 3 rings (SSSR count). The molecule has 1 atom stereocenters. The van der Waals surface area contributed by atoms with E-state index in [1.807, 2.05) is 0 Å². The van der Waals surface area contributed by atoms with Crippen LogP contribution < -0.4 is 11.1 Å². The van der Waals surface area contributed by atoms with E-state index in [9.17, 15) is 0 Å². The summed E-state index contributed by atoms with van der Waals surface area (Å²) in [5, 5.41) is 4.40. The predicted octanol–water partition coefficient (Wildman–Crippen LogP) is 2.35. The zero-order chi connectivity index (χ0) is 14.7. The minimum Gasteiger partial charge on any atom is -0.383 e. The maximum atomic E-state index is 5.87. The minimum absolute atomic E-state index is 0.0359. The fraction of sp³-hybridized carbons (Fsp3) is 0.438. The number of methoxy groups -OCH3 is 1. The average molecular weight is 303 g/mol. The van der Waals surface area contributed by atoms with Gasteiger partial charge in [-0.15, -0.1) is 11.3 Å². The second-order valence-corrected chi connectivity index (χ2v) is 6.58. The highest BCUT2D eigenvalue weighted by molar-refractivity contribution is 7.15. The SMILES string of the molecule is COCCNC1(c2ccccc2)CCc2nc(N)sc2C1. The van der Waals surface area contributed by atoms with Gasteiger partial charge in [0.25, 0.3) is 0 Å². The first kappa shape index (κ1) is 14.5. The molecule has 0 fully saturated rings. The molecule has 0 aliphatic heterocycles. The molecular formula is C16H21N3OS. The van der Waals surface area contributed by atoms with Crippen molar-refractivity contribution in [1.29, 1.82) is 0 Å². The van der Waals surface area contributed by atoms with Crippen LogP contribution in [0.5, 0.6) is 0 Å². The lowest BCUT2D eigenvalue weighted by Gasteiger charge is -2.38. The van der Waals surface area contributed by atoms with Crippen LogP contribution in [0.25, 0.3) is 0 Å². The molecule has 3 N–H and O–H groups in total. The zero-order valence-corrected chi connectivity index (χ0v) is 13.1. The molecule has 1 aliphatic rings. The van der Waals surface area contributed by atoms with Crippen LogP contribution in [0.3, 0.4) is 0 Å². The summed E-state index contributed by atoms with van der Waals surface area (Å²) in [5.41, 5.74) is 8.35. The molecule has 1 heterocycles. The highest BCUT2D eigenvalue weighted by Crippen LogP contribution is 2.39. The van der Waals surface area contributed by atoms with Gasteiger partial charge < -0.3 is 15.8 Å². The first-order chi connectivity index (χ1) is 10.2. The molecule has 0 spiro atoms. The van der Waals surface area contributed by atoms with Gasteiger partial charge in [0, 0.05) is 30.5 Å². The van der Waals surface area contributed by atoms with Gasteiger partial charge in [-0.25, -0.2) is 4.98 Å². The lowest BCUT2D eigenvalue weighted by atomic mass is 9.77. The molecule has 2 aromatic rings. The quantitative estimate of drug-likeness (QED) is 0.832. The van der Waals surface area contributed by atoms with Gasteiger partial charge in [-0.1, -0.05) is 30.3 Å². The Morgan fingerprint density at radius 2 is 2.19 bits per heavy atom. The van der Waals surface area contributed by atoms with E-state index in [0.29, 0.717) is 11.7 Å². The largest absolute Gasteiger partial charge is 0.383 e. The number of hydrogen-bond acceptors (Lipinski definition) is 5. The Morgan fingerprint density at radius 1 is 1.38 bits per heavy atom. The van der Waals surface area contributed by atoms with Crippen LogP contribution in [0.2, 0.25) is 0 Å². The standard InChI is InChI=1S/C16H21N3OS/c1-20-10-9-18-16(12-5-3-2-4-6-12)8-7-13-14(11-16)21-15(17)19-13/h2-6,18H,7-11H2,1H3,(H2,17,19). The van der Waals surface area contributed by atoms with Crippen LogP contribution in [-0.4, -0.2) is 25.2 Å². The molecular weight excluding hydrogens is 282 g/mol. The minimum atomic E-state index is -0.0359. The number of aryl methyl sites for hydroxylation is 1. The normalized spacial score (nSPS) is 21.2. The molecule has 5 heteroatoms. The van der Waals surface area contributed by atoms with Crippen LogP contribution in [-0.2, 0) is 23.1 Å². The van der Waals surface area contributed by atoms with Gasteiger partial charge >= 0.3 is 0 Å². The Hall–Kier alpha value is -1.43. The van der Waals surface area contributed by atoms with Gasteiger partial charge in [0.2, 0.25) is 0 Å². The Labute approximate surface area is 129 Å². The second kappa shape index (κ2) is 6.13. The smallest absolute Gasteiger partial charge is 0.180 e. The maximum Gasteiger partial charge on any atom is 0.180 e. The van der Waals surface area contributed by atoms with E-state index >= 15 is 0 Å². The van der Waals surface area contributed by atoms with Crippen molar-refractivity contribution in [3.8, 4) is 0 Å². The number of aromatic nitrogens is 1. The third kappa shape index (κ3) is 2.95. The molecule has 1 unspecified atom stereocenters. The summed E-state index contributed by atoms with van der Waals surface area (Å²) >= 11 is 1.62. The number of ether oxygens (including phenoxy) is 1. The number of nitrogens with one attached hydrogen (secondary N) is 1. The third-order valence-corrected chi connectivity index (χ3v) is 5.07. The van der Waals surface area contributed by atoms with E-state index in [-0.39, 0.29) is 5.54 Å². The predicted molar refractivity (Wildman–Crippen MR) is 86.6 cm³/mol. The number of anilines is 1. The first-order valence-corrected chi connectivity index (χ1v) is 8.09. The number of nitrogens with two attached hydrogens (primary N) is 1. The molecule has 0 saturated carbocycles. The molecule has 0 saturated heterocycles. The summed E-state index contributed by atoms with van der Waals surface area (Å²) in [6, 6.07) is 10.7. The van der Waals surface area contributed by atoms with Gasteiger partial charge in [-0.05, 0) is 18.4 Å². The molecule has 0 radical (unpaired) electrons. The number of nitrogens with zero attached hydrogens (tertiary/aromatic N) is 1. The highest BCUT2D eigenvalue weighted by Gasteiger charge is 2.37. The Kier molecular flexibility index (Phi) is 4.24. The number of fused-ring (bicyclic) bond motifs is 1. The highest BCUT2D eigenvalue weighted by atomic mass is 32.1. The monoisotopic (exact) mass is 303 g/mol. The summed E-state index contributed by atoms with van der Waals surface area (Å²) in [6.45, 7) is 1.56. The second-order valence-electron chi connectivity index (χ2n) is 5.47. The number of benzene rings is 1. The third-order valence-electron chi connectivity index (χ3n) is 4.14. The molecule has 21 heavy (non-hydrogen) atoms. The van der Waals surface area contributed by atoms with Crippen molar-refractivity contribution >= 4 is 16.5 Å². The van der Waals surface area contributed by atoms with E-state index in [2.05, 4.69) is 40.6 Å². The van der Waals surface area contributed by atoms with Gasteiger partial charge in [-0.3, -0.25) is 0 Å². The van der Waals surface area contributed by atoms with Crippen molar-refractivity contribution in [2.24, 2.45) is 0 Å². The number of nitrogen functional groups attached to an aromatic ring is 1. The van der Waals surface area contributed by atoms with Crippen LogP contribution in [0.4, 0.5) is 5.13 Å². The molecule has 1 aromatic carbocycles. The van der Waals surface area contributed by atoms with E-state index in [0.717, 1.165) is 25.8 Å². The van der Waals surface area contributed by atoms with Crippen LogP contribution in [0.15, 0.2) is 30.3 Å². The van der Waals surface area contributed by atoms with Crippen LogP contribution in [0, 0.1) is 0 Å². The molecule has 0 amide bonds. The van der Waals surface area contributed by atoms with Crippen molar-refractivity contribution in [2.75, 3.05) is 26.0 Å². The zero-order valence-electron chi connectivity index (χ0n) is 12.3. The maximum absolute atomic E-state index is 5.87. The molecule has 1 aromatic heterocycles. The van der Waals surface area contributed by atoms with Gasteiger partial charge in [-0.2, -0.15) is 0 Å². The average Bonchev–Trinajstić information content (AvgIpc) is 2.87. The summed E-state index contributed by atoms with van der Waals surface area (Å²) in [6.07, 6.45) is 2.96. The van der Waals surface area contributed by atoms with E-state index in [1.54, 1.807) is 18.4 Å². The number of thiazole rings is 1. The van der Waals surface area contributed by atoms with Crippen molar-refractivity contribution in [1.82, 2.24) is 10.3 Å². The number of rotatable bonds is 5. The summed E-state index contributed by atoms with van der Waals surface area (Å²) in [5.74, 6) is 0. The molecule has 0 bridgehead atoms. The summed E-state index contributed by atoms with van der Waals surface area (Å²) < 4.78 is 5.20. The van der Waals surface area contributed by atoms with E-state index in [4.69, 9.17) is 10.5 Å². The van der Waals surface area contributed by atoms with Gasteiger partial charge in [0.15, 0.2) is 5.13 Å². The fourth-order valence-corrected chi connectivity index (χ4v) is 4.07. The number of hydrogen-bond donors (Lipinski definition) is 2. The lowest BCUT2D eigenvalue weighted by Crippen LogP contribution is -2.47. The first-order valence-electron chi connectivity index (χ1n) is 7.27. The van der Waals surface area contributed by atoms with E-state index < -0.39 is 0 Å². The van der Waals surface area contributed by atoms with Crippen molar-refractivity contribution in [3.63, 3.8) is 0 Å². The molecule has 4 nitrogen and oxygen atoms in total. The van der Waals surface area contributed by atoms with Gasteiger partial charge in [0.1, 0.15) is 0 Å². The summed E-state index contributed by atoms with van der Waals surface area (Å²) in [7, 11) is 1.74. The Balaban J connectivity index is 1.91.